The Labute approximate surface area is 125 Å². The lowest BCUT2D eigenvalue weighted by molar-refractivity contribution is -0.0949. The van der Waals surface area contributed by atoms with Gasteiger partial charge in [-0.3, -0.25) is 4.79 Å². The van der Waals surface area contributed by atoms with E-state index in [1.807, 2.05) is 18.2 Å². The second kappa shape index (κ2) is 3.70. The maximum atomic E-state index is 13.2. The van der Waals surface area contributed by atoms with Crippen LogP contribution >= 0.6 is 0 Å². The third-order valence-electron chi connectivity index (χ3n) is 5.67. The topological polar surface area (TPSA) is 35.5 Å². The number of methoxy groups -OCH3 is 1. The summed E-state index contributed by atoms with van der Waals surface area (Å²) in [5, 5.41) is 0. The molecule has 0 unspecified atom stereocenters. The number of carbonyl (C=O) groups excluding carboxylic acids is 1. The van der Waals surface area contributed by atoms with E-state index >= 15 is 0 Å². The van der Waals surface area contributed by atoms with Crippen LogP contribution in [0.5, 0.6) is 5.75 Å². The Kier molecular flexibility index (Phi) is 2.34. The van der Waals surface area contributed by atoms with Crippen molar-refractivity contribution in [3.63, 3.8) is 0 Å². The Morgan fingerprint density at radius 3 is 2.71 bits per heavy atom. The van der Waals surface area contributed by atoms with Crippen LogP contribution in [0.2, 0.25) is 0 Å². The molecule has 2 heterocycles. The molecule has 1 saturated carbocycles. The molecule has 2 aliphatic heterocycles. The van der Waals surface area contributed by atoms with Gasteiger partial charge in [-0.2, -0.15) is 0 Å². The Bertz CT molecular complexity index is 648. The fraction of sp³-hybridized carbons (Fsp3) is 0.611. The minimum absolute atomic E-state index is 0.168. The average molecular weight is 286 g/mol. The van der Waals surface area contributed by atoms with E-state index in [1.165, 1.54) is 0 Å². The predicted octanol–water partition coefficient (Wildman–Crippen LogP) is 3.70. The highest BCUT2D eigenvalue weighted by molar-refractivity contribution is 6.06. The fourth-order valence-corrected chi connectivity index (χ4v) is 5.03. The van der Waals surface area contributed by atoms with Crippen LogP contribution in [0.15, 0.2) is 18.2 Å². The number of hydrogen-bond acceptors (Lipinski definition) is 3. The summed E-state index contributed by atoms with van der Waals surface area (Å²) in [6, 6.07) is 5.83. The van der Waals surface area contributed by atoms with Gasteiger partial charge in [0.2, 0.25) is 0 Å². The third-order valence-corrected chi connectivity index (χ3v) is 5.67. The zero-order valence-electron chi connectivity index (χ0n) is 13.2. The summed E-state index contributed by atoms with van der Waals surface area (Å²) >= 11 is 0. The van der Waals surface area contributed by atoms with Crippen LogP contribution in [-0.2, 0) is 10.3 Å². The molecule has 1 spiro atoms. The van der Waals surface area contributed by atoms with E-state index in [9.17, 15) is 4.79 Å². The predicted molar refractivity (Wildman–Crippen MR) is 79.6 cm³/mol. The highest BCUT2D eigenvalue weighted by Gasteiger charge is 2.67. The van der Waals surface area contributed by atoms with Crippen LogP contribution in [0.1, 0.15) is 56.0 Å². The van der Waals surface area contributed by atoms with Crippen LogP contribution in [0.25, 0.3) is 0 Å². The van der Waals surface area contributed by atoms with Gasteiger partial charge in [-0.15, -0.1) is 0 Å². The van der Waals surface area contributed by atoms with E-state index in [-0.39, 0.29) is 16.8 Å². The Balaban J connectivity index is 1.91. The standard InChI is InChI=1S/C18H22O3/c1-16(2)8-11-9-17(3)14-6-5-12(20-4)7-13(14)15(19)18(11,10-16)21-17/h5-7,11H,8-10H2,1-4H3/t11-,17+,18-/m1/s1. The molecule has 0 amide bonds. The number of fused-ring (bicyclic) bond motifs is 3. The Morgan fingerprint density at radius 2 is 2.00 bits per heavy atom. The van der Waals surface area contributed by atoms with Crippen molar-refractivity contribution in [3.8, 4) is 5.75 Å². The largest absolute Gasteiger partial charge is 0.497 e. The fourth-order valence-electron chi connectivity index (χ4n) is 5.03. The molecule has 3 heteroatoms. The summed E-state index contributed by atoms with van der Waals surface area (Å²) in [4.78, 5) is 13.2. The van der Waals surface area contributed by atoms with Gasteiger partial charge in [-0.25, -0.2) is 0 Å². The minimum Gasteiger partial charge on any atom is -0.497 e. The minimum atomic E-state index is -0.600. The molecule has 1 aliphatic carbocycles. The maximum Gasteiger partial charge on any atom is 0.195 e. The van der Waals surface area contributed by atoms with Gasteiger partial charge >= 0.3 is 0 Å². The van der Waals surface area contributed by atoms with Crippen molar-refractivity contribution in [1.29, 1.82) is 0 Å². The summed E-state index contributed by atoms with van der Waals surface area (Å²) in [5.74, 6) is 1.25. The first kappa shape index (κ1) is 13.3. The van der Waals surface area contributed by atoms with E-state index in [0.29, 0.717) is 5.92 Å². The van der Waals surface area contributed by atoms with E-state index in [0.717, 1.165) is 36.1 Å². The quantitative estimate of drug-likeness (QED) is 0.789. The second-order valence-electron chi connectivity index (χ2n) is 7.91. The Morgan fingerprint density at radius 1 is 1.24 bits per heavy atom. The molecular formula is C18H22O3. The van der Waals surface area contributed by atoms with E-state index < -0.39 is 5.60 Å². The molecule has 2 bridgehead atoms. The molecular weight excluding hydrogens is 264 g/mol. The maximum absolute atomic E-state index is 13.2. The van der Waals surface area contributed by atoms with Crippen molar-refractivity contribution in [2.24, 2.45) is 11.3 Å². The van der Waals surface area contributed by atoms with Gasteiger partial charge in [0.25, 0.3) is 0 Å². The summed E-state index contributed by atoms with van der Waals surface area (Å²) < 4.78 is 11.8. The van der Waals surface area contributed by atoms with Crippen molar-refractivity contribution < 1.29 is 14.3 Å². The van der Waals surface area contributed by atoms with Crippen LogP contribution in [0.3, 0.4) is 0 Å². The van der Waals surface area contributed by atoms with E-state index in [1.54, 1.807) is 7.11 Å². The van der Waals surface area contributed by atoms with Crippen molar-refractivity contribution in [3.05, 3.63) is 29.3 Å². The average Bonchev–Trinajstić information content (AvgIpc) is 2.80. The number of ether oxygens (including phenoxy) is 2. The molecule has 4 rings (SSSR count). The van der Waals surface area contributed by atoms with Gasteiger partial charge in [-0.1, -0.05) is 19.9 Å². The Hall–Kier alpha value is -1.35. The first-order valence-electron chi connectivity index (χ1n) is 7.73. The second-order valence-corrected chi connectivity index (χ2v) is 7.91. The molecule has 3 aliphatic rings. The first-order valence-corrected chi connectivity index (χ1v) is 7.73. The molecule has 21 heavy (non-hydrogen) atoms. The van der Waals surface area contributed by atoms with Crippen LogP contribution < -0.4 is 4.74 Å². The molecule has 112 valence electrons. The van der Waals surface area contributed by atoms with Crippen LogP contribution in [-0.4, -0.2) is 18.5 Å². The van der Waals surface area contributed by atoms with Crippen molar-refractivity contribution >= 4 is 5.78 Å². The highest BCUT2D eigenvalue weighted by atomic mass is 16.5. The number of benzene rings is 1. The summed E-state index contributed by atoms with van der Waals surface area (Å²) in [7, 11) is 1.64. The highest BCUT2D eigenvalue weighted by Crippen LogP contribution is 2.64. The van der Waals surface area contributed by atoms with E-state index in [2.05, 4.69) is 20.8 Å². The van der Waals surface area contributed by atoms with Crippen LogP contribution in [0.4, 0.5) is 0 Å². The van der Waals surface area contributed by atoms with Gasteiger partial charge in [0.1, 0.15) is 11.4 Å². The number of ketones is 1. The molecule has 0 radical (unpaired) electrons. The first-order chi connectivity index (χ1) is 9.80. The summed E-state index contributed by atoms with van der Waals surface area (Å²) in [6.45, 7) is 6.63. The molecule has 0 N–H and O–H groups in total. The molecule has 2 fully saturated rings. The van der Waals surface area contributed by atoms with Crippen molar-refractivity contribution in [1.82, 2.24) is 0 Å². The van der Waals surface area contributed by atoms with Crippen molar-refractivity contribution in [2.75, 3.05) is 7.11 Å². The summed E-state index contributed by atoms with van der Waals surface area (Å²) in [5.41, 5.74) is 1.10. The molecule has 3 nitrogen and oxygen atoms in total. The molecule has 3 atom stereocenters. The molecule has 1 aromatic carbocycles. The third kappa shape index (κ3) is 1.56. The SMILES string of the molecule is COc1ccc2c(c1)C(=O)[C@@]13CC(C)(C)C[C@@H]1C[C@]2(C)O3. The van der Waals surface area contributed by atoms with Gasteiger partial charge in [-0.05, 0) is 55.2 Å². The van der Waals surface area contributed by atoms with Gasteiger partial charge in [0.05, 0.1) is 12.7 Å². The summed E-state index contributed by atoms with van der Waals surface area (Å²) in [6.07, 6.45) is 2.84. The lowest BCUT2D eigenvalue weighted by Gasteiger charge is -2.39. The van der Waals surface area contributed by atoms with Crippen molar-refractivity contribution in [2.45, 2.75) is 51.2 Å². The molecule has 1 aromatic rings. The number of Topliss-reactive ketones (excluding diaryl/α,β-unsaturated/α-hetero) is 1. The lowest BCUT2D eigenvalue weighted by atomic mass is 9.80. The van der Waals surface area contributed by atoms with Crippen LogP contribution in [0, 0.1) is 11.3 Å². The number of hydrogen-bond donors (Lipinski definition) is 0. The molecule has 0 aromatic heterocycles. The number of carbonyl (C=O) groups is 1. The zero-order chi connectivity index (χ0) is 15.0. The number of rotatable bonds is 1. The van der Waals surface area contributed by atoms with Gasteiger partial charge in [0.15, 0.2) is 5.78 Å². The monoisotopic (exact) mass is 286 g/mol. The smallest absolute Gasteiger partial charge is 0.195 e. The normalized spacial score (nSPS) is 39.0. The lowest BCUT2D eigenvalue weighted by Crippen LogP contribution is -2.47. The van der Waals surface area contributed by atoms with Gasteiger partial charge < -0.3 is 9.47 Å². The zero-order valence-corrected chi connectivity index (χ0v) is 13.2. The van der Waals surface area contributed by atoms with E-state index in [4.69, 9.17) is 9.47 Å². The molecule has 1 saturated heterocycles. The van der Waals surface area contributed by atoms with Gasteiger partial charge in [0, 0.05) is 5.56 Å².